The van der Waals surface area contributed by atoms with Crippen molar-refractivity contribution in [3.8, 4) is 0 Å². The Kier molecular flexibility index (Phi) is 4.31. The van der Waals surface area contributed by atoms with Gasteiger partial charge in [-0.05, 0) is 7.05 Å². The van der Waals surface area contributed by atoms with Crippen LogP contribution in [0.3, 0.4) is 0 Å². The molecule has 6 nitrogen and oxygen atoms in total. The van der Waals surface area contributed by atoms with Crippen molar-refractivity contribution in [2.24, 2.45) is 4.99 Å². The van der Waals surface area contributed by atoms with E-state index in [0.29, 0.717) is 16.1 Å². The van der Waals surface area contributed by atoms with Gasteiger partial charge in [0.15, 0.2) is 10.8 Å². The highest BCUT2D eigenvalue weighted by atomic mass is 32.1. The number of hydrogen-bond donors (Lipinski definition) is 1. The zero-order valence-electron chi connectivity index (χ0n) is 14.0. The second kappa shape index (κ2) is 6.51. The number of halogens is 3. The molecule has 4 heterocycles. The number of nitrogens with one attached hydrogen (secondary N) is 1. The van der Waals surface area contributed by atoms with E-state index in [4.69, 9.17) is 0 Å². The highest BCUT2D eigenvalue weighted by Gasteiger charge is 2.45. The Hall–Kier alpha value is -2.20. The molecule has 0 radical (unpaired) electrons. The van der Waals surface area contributed by atoms with Gasteiger partial charge in [0.25, 0.3) is 0 Å². The van der Waals surface area contributed by atoms with E-state index >= 15 is 4.39 Å². The van der Waals surface area contributed by atoms with E-state index in [2.05, 4.69) is 20.4 Å². The first-order valence-electron chi connectivity index (χ1n) is 8.11. The van der Waals surface area contributed by atoms with Gasteiger partial charge in [-0.15, -0.1) is 11.3 Å². The van der Waals surface area contributed by atoms with Crippen LogP contribution in [0, 0.1) is 0 Å². The molecule has 10 heteroatoms. The van der Waals surface area contributed by atoms with Crippen molar-refractivity contribution in [1.29, 1.82) is 0 Å². The summed E-state index contributed by atoms with van der Waals surface area (Å²) in [6, 6.07) is 0. The molecule has 2 aliphatic rings. The van der Waals surface area contributed by atoms with Crippen LogP contribution >= 0.6 is 11.3 Å². The number of thiazole rings is 1. The van der Waals surface area contributed by atoms with Crippen molar-refractivity contribution in [2.45, 2.75) is 18.6 Å². The number of aromatic nitrogens is 3. The lowest BCUT2D eigenvalue weighted by Gasteiger charge is -2.27. The molecule has 2 aromatic heterocycles. The van der Waals surface area contributed by atoms with Crippen LogP contribution in [-0.2, 0) is 0 Å². The van der Waals surface area contributed by atoms with Gasteiger partial charge in [-0.1, -0.05) is 0 Å². The molecule has 2 aliphatic heterocycles. The van der Waals surface area contributed by atoms with Gasteiger partial charge >= 0.3 is 6.55 Å². The maximum absolute atomic E-state index is 15.3. The van der Waals surface area contributed by atoms with E-state index in [1.165, 1.54) is 23.7 Å². The van der Waals surface area contributed by atoms with Gasteiger partial charge < -0.3 is 10.2 Å². The van der Waals surface area contributed by atoms with Crippen LogP contribution in [0.4, 0.5) is 13.2 Å². The Balaban J connectivity index is 1.75. The number of allylic oxidation sites excluding steroid dienone is 1. The summed E-state index contributed by atoms with van der Waals surface area (Å²) in [7, 11) is 1.70. The van der Waals surface area contributed by atoms with E-state index in [9.17, 15) is 8.78 Å². The largest absolute Gasteiger partial charge is 0.333 e. The van der Waals surface area contributed by atoms with Crippen molar-refractivity contribution in [3.05, 3.63) is 40.2 Å². The summed E-state index contributed by atoms with van der Waals surface area (Å²) in [5, 5.41) is 9.15. The molecule has 4 rings (SSSR count). The molecule has 0 bridgehead atoms. The number of rotatable bonds is 5. The summed E-state index contributed by atoms with van der Waals surface area (Å²) in [4.78, 5) is 10.7. The molecule has 0 amide bonds. The molecule has 1 unspecified atom stereocenters. The fourth-order valence-electron chi connectivity index (χ4n) is 3.44. The van der Waals surface area contributed by atoms with Crippen molar-refractivity contribution in [3.63, 3.8) is 0 Å². The van der Waals surface area contributed by atoms with Crippen LogP contribution in [-0.4, -0.2) is 57.9 Å². The van der Waals surface area contributed by atoms with Crippen LogP contribution < -0.4 is 5.32 Å². The first kappa shape index (κ1) is 17.2. The standard InChI is InChI=1S/C16H17F3N6S/c1-20-8-16(19)4-12-11(10-5-23-25(7-10)15(17)18)6-22-13(24(12)9-16)14-21-2-3-26-14/h2-3,5,7,15,20H,4,6,8-9H2,1H3. The molecular weight excluding hydrogens is 365 g/mol. The smallest absolute Gasteiger partial charge is 0.324 e. The summed E-state index contributed by atoms with van der Waals surface area (Å²) in [5.74, 6) is 0.635. The molecule has 1 fully saturated rings. The molecule has 0 aromatic carbocycles. The second-order valence-electron chi connectivity index (χ2n) is 6.33. The van der Waals surface area contributed by atoms with Gasteiger partial charge in [0, 0.05) is 47.6 Å². The zero-order valence-corrected chi connectivity index (χ0v) is 14.8. The first-order valence-corrected chi connectivity index (χ1v) is 8.99. The number of fused-ring (bicyclic) bond motifs is 1. The second-order valence-corrected chi connectivity index (χ2v) is 7.23. The fourth-order valence-corrected chi connectivity index (χ4v) is 4.10. The average Bonchev–Trinajstić information content (AvgIpc) is 3.33. The third-order valence-corrected chi connectivity index (χ3v) is 5.28. The van der Waals surface area contributed by atoms with E-state index < -0.39 is 12.2 Å². The highest BCUT2D eigenvalue weighted by molar-refractivity contribution is 7.11. The van der Waals surface area contributed by atoms with Gasteiger partial charge in [0.1, 0.15) is 5.67 Å². The van der Waals surface area contributed by atoms with Crippen LogP contribution in [0.25, 0.3) is 5.57 Å². The van der Waals surface area contributed by atoms with Gasteiger partial charge in [0.05, 0.1) is 19.3 Å². The molecule has 0 aliphatic carbocycles. The molecule has 1 saturated heterocycles. The van der Waals surface area contributed by atoms with Crippen molar-refractivity contribution >= 4 is 22.7 Å². The monoisotopic (exact) mass is 382 g/mol. The normalized spacial score (nSPS) is 23.0. The van der Waals surface area contributed by atoms with Gasteiger partial charge in [0.2, 0.25) is 0 Å². The number of alkyl halides is 3. The Morgan fingerprint density at radius 3 is 2.92 bits per heavy atom. The van der Waals surface area contributed by atoms with E-state index in [-0.39, 0.29) is 26.1 Å². The lowest BCUT2D eigenvalue weighted by atomic mass is 9.99. The highest BCUT2D eigenvalue weighted by Crippen LogP contribution is 2.41. The number of amidine groups is 1. The Labute approximate surface area is 152 Å². The Morgan fingerprint density at radius 2 is 2.27 bits per heavy atom. The summed E-state index contributed by atoms with van der Waals surface area (Å²) < 4.78 is 41.6. The number of hydrogen-bond acceptors (Lipinski definition) is 6. The Morgan fingerprint density at radius 1 is 1.42 bits per heavy atom. The summed E-state index contributed by atoms with van der Waals surface area (Å²) >= 11 is 1.44. The molecule has 0 spiro atoms. The van der Waals surface area contributed by atoms with E-state index in [0.717, 1.165) is 16.3 Å². The predicted octanol–water partition coefficient (Wildman–Crippen LogP) is 2.54. The average molecular weight is 382 g/mol. The minimum Gasteiger partial charge on any atom is -0.324 e. The van der Waals surface area contributed by atoms with Crippen LogP contribution in [0.15, 0.2) is 34.7 Å². The molecule has 1 N–H and O–H groups in total. The third-order valence-electron chi connectivity index (χ3n) is 4.51. The molecule has 2 aromatic rings. The van der Waals surface area contributed by atoms with Crippen LogP contribution in [0.1, 0.15) is 23.5 Å². The van der Waals surface area contributed by atoms with Crippen molar-refractivity contribution < 1.29 is 13.2 Å². The minimum atomic E-state index is -2.71. The third kappa shape index (κ3) is 2.92. The summed E-state index contributed by atoms with van der Waals surface area (Å²) in [6.45, 7) is -2.09. The topological polar surface area (TPSA) is 58.3 Å². The number of aliphatic imine (C=N–C) groups is 1. The SMILES string of the molecule is CNCC1(F)CC2=C(c3cnn(C(F)F)c3)CN=C(c3nccs3)N2C1. The van der Waals surface area contributed by atoms with Crippen molar-refractivity contribution in [1.82, 2.24) is 25.0 Å². The van der Waals surface area contributed by atoms with Crippen LogP contribution in [0.5, 0.6) is 0 Å². The quantitative estimate of drug-likeness (QED) is 0.864. The first-order chi connectivity index (χ1) is 12.5. The number of nitrogens with zero attached hydrogens (tertiary/aromatic N) is 5. The lowest BCUT2D eigenvalue weighted by molar-refractivity contribution is 0.0566. The van der Waals surface area contributed by atoms with Gasteiger partial charge in [-0.25, -0.2) is 14.1 Å². The minimum absolute atomic E-state index is 0.147. The summed E-state index contributed by atoms with van der Waals surface area (Å²) in [6.07, 6.45) is 4.53. The fraction of sp³-hybridized carbons (Fsp3) is 0.438. The lowest BCUT2D eigenvalue weighted by Crippen LogP contribution is -2.40. The molecular formula is C16H17F3N6S. The predicted molar refractivity (Wildman–Crippen MR) is 93.0 cm³/mol. The van der Waals surface area contributed by atoms with Crippen LogP contribution in [0.2, 0.25) is 0 Å². The molecule has 0 saturated carbocycles. The maximum atomic E-state index is 15.3. The molecule has 26 heavy (non-hydrogen) atoms. The van der Waals surface area contributed by atoms with E-state index in [1.54, 1.807) is 13.2 Å². The van der Waals surface area contributed by atoms with E-state index in [1.807, 2.05) is 10.3 Å². The Bertz CT molecular complexity index is 859. The van der Waals surface area contributed by atoms with Crippen molar-refractivity contribution in [2.75, 3.05) is 26.7 Å². The zero-order chi connectivity index (χ0) is 18.3. The summed E-state index contributed by atoms with van der Waals surface area (Å²) in [5.41, 5.74) is 0.571. The van der Waals surface area contributed by atoms with Gasteiger partial charge in [-0.2, -0.15) is 13.9 Å². The van der Waals surface area contributed by atoms with Gasteiger partial charge in [-0.3, -0.25) is 4.99 Å². The molecule has 1 atom stereocenters. The molecule has 138 valence electrons. The maximum Gasteiger partial charge on any atom is 0.333 e.